The van der Waals surface area contributed by atoms with E-state index in [4.69, 9.17) is 23.2 Å². The van der Waals surface area contributed by atoms with Crippen LogP contribution in [0.25, 0.3) is 0 Å². The Morgan fingerprint density at radius 3 is 2.35 bits per heavy atom. The normalized spacial score (nSPS) is 14.1. The van der Waals surface area contributed by atoms with Crippen LogP contribution < -0.4 is 0 Å². The molecule has 0 amide bonds. The first-order valence-electron chi connectivity index (χ1n) is 6.26. The van der Waals surface area contributed by atoms with Crippen molar-refractivity contribution in [1.29, 1.82) is 0 Å². The number of hydrogen-bond donors (Lipinski definition) is 1. The number of hydrogen-bond acceptors (Lipinski definition) is 1. The first-order valence-corrected chi connectivity index (χ1v) is 7.81. The molecule has 1 unspecified atom stereocenters. The lowest BCUT2D eigenvalue weighted by atomic mass is 9.90. The molecule has 4 heteroatoms. The summed E-state index contributed by atoms with van der Waals surface area (Å²) in [5, 5.41) is 11.9. The Balaban J connectivity index is 2.14. The van der Waals surface area contributed by atoms with Crippen molar-refractivity contribution in [3.05, 3.63) is 68.1 Å². The lowest BCUT2D eigenvalue weighted by Crippen LogP contribution is -2.30. The second-order valence-electron chi connectivity index (χ2n) is 5.21. The van der Waals surface area contributed by atoms with Crippen molar-refractivity contribution in [2.45, 2.75) is 25.4 Å². The maximum absolute atomic E-state index is 10.6. The van der Waals surface area contributed by atoms with Crippen LogP contribution in [0.5, 0.6) is 0 Å². The van der Waals surface area contributed by atoms with Gasteiger partial charge in [-0.2, -0.15) is 0 Å². The Morgan fingerprint density at radius 1 is 1.05 bits per heavy atom. The number of aliphatic hydroxyl groups is 1. The van der Waals surface area contributed by atoms with E-state index in [1.54, 1.807) is 18.2 Å². The largest absolute Gasteiger partial charge is 0.389 e. The van der Waals surface area contributed by atoms with Gasteiger partial charge in [-0.05, 0) is 48.4 Å². The van der Waals surface area contributed by atoms with Gasteiger partial charge in [0.05, 0.1) is 5.60 Å². The topological polar surface area (TPSA) is 20.2 Å². The molecule has 0 heterocycles. The van der Waals surface area contributed by atoms with E-state index >= 15 is 0 Å². The lowest BCUT2D eigenvalue weighted by molar-refractivity contribution is 0.0608. The molecule has 0 spiro atoms. The molecule has 2 aromatic rings. The molecule has 0 aliphatic heterocycles. The van der Waals surface area contributed by atoms with Gasteiger partial charge in [-0.3, -0.25) is 0 Å². The van der Waals surface area contributed by atoms with Crippen LogP contribution in [0.2, 0.25) is 10.0 Å². The highest BCUT2D eigenvalue weighted by Crippen LogP contribution is 2.26. The fraction of sp³-hybridized carbons (Fsp3) is 0.250. The molecule has 106 valence electrons. The van der Waals surface area contributed by atoms with Crippen molar-refractivity contribution in [1.82, 2.24) is 0 Å². The van der Waals surface area contributed by atoms with E-state index in [-0.39, 0.29) is 0 Å². The van der Waals surface area contributed by atoms with Crippen molar-refractivity contribution in [3.8, 4) is 0 Å². The average molecular weight is 374 g/mol. The Kier molecular flexibility index (Phi) is 5.14. The van der Waals surface area contributed by atoms with Crippen LogP contribution in [0.4, 0.5) is 0 Å². The Labute approximate surface area is 137 Å². The summed E-state index contributed by atoms with van der Waals surface area (Å²) < 4.78 is 1.03. The average Bonchev–Trinajstić information content (AvgIpc) is 2.36. The quantitative estimate of drug-likeness (QED) is 0.771. The first-order chi connectivity index (χ1) is 9.35. The highest BCUT2D eigenvalue weighted by atomic mass is 79.9. The van der Waals surface area contributed by atoms with Crippen LogP contribution in [-0.2, 0) is 12.8 Å². The van der Waals surface area contributed by atoms with Crippen molar-refractivity contribution >= 4 is 39.1 Å². The molecular formula is C16H15BrCl2O. The Morgan fingerprint density at radius 2 is 1.70 bits per heavy atom. The van der Waals surface area contributed by atoms with Gasteiger partial charge in [0.15, 0.2) is 0 Å². The minimum atomic E-state index is -0.873. The summed E-state index contributed by atoms with van der Waals surface area (Å²) in [5.41, 5.74) is 1.07. The molecule has 2 aromatic carbocycles. The summed E-state index contributed by atoms with van der Waals surface area (Å²) in [5.74, 6) is 0. The van der Waals surface area contributed by atoms with E-state index in [0.717, 1.165) is 15.6 Å². The Hall–Kier alpha value is -0.540. The molecule has 0 saturated heterocycles. The van der Waals surface area contributed by atoms with Gasteiger partial charge >= 0.3 is 0 Å². The van der Waals surface area contributed by atoms with E-state index in [1.165, 1.54) is 0 Å². The smallest absolute Gasteiger partial charge is 0.0700 e. The van der Waals surface area contributed by atoms with Crippen molar-refractivity contribution < 1.29 is 5.11 Å². The van der Waals surface area contributed by atoms with Gasteiger partial charge in [-0.15, -0.1) is 0 Å². The molecule has 2 rings (SSSR count). The van der Waals surface area contributed by atoms with Gasteiger partial charge in [0, 0.05) is 27.4 Å². The fourth-order valence-corrected chi connectivity index (χ4v) is 2.84. The summed E-state index contributed by atoms with van der Waals surface area (Å²) in [7, 11) is 0. The van der Waals surface area contributed by atoms with Gasteiger partial charge in [0.1, 0.15) is 0 Å². The van der Waals surface area contributed by atoms with Crippen LogP contribution >= 0.6 is 39.1 Å². The molecule has 0 bridgehead atoms. The first kappa shape index (κ1) is 15.8. The molecule has 1 N–H and O–H groups in total. The van der Waals surface area contributed by atoms with E-state index in [1.807, 2.05) is 31.2 Å². The van der Waals surface area contributed by atoms with Crippen LogP contribution in [0.3, 0.4) is 0 Å². The zero-order chi connectivity index (χ0) is 14.8. The van der Waals surface area contributed by atoms with Gasteiger partial charge in [-0.25, -0.2) is 0 Å². The summed E-state index contributed by atoms with van der Waals surface area (Å²) in [6.07, 6.45) is 1.02. The third-order valence-corrected chi connectivity index (χ3v) is 4.21. The molecule has 1 nitrogen and oxygen atoms in total. The molecule has 0 fully saturated rings. The van der Waals surface area contributed by atoms with Gasteiger partial charge in [-0.1, -0.05) is 51.3 Å². The monoisotopic (exact) mass is 372 g/mol. The van der Waals surface area contributed by atoms with Crippen LogP contribution in [0.15, 0.2) is 46.9 Å². The molecule has 0 aliphatic rings. The molecule has 1 atom stereocenters. The molecular weight excluding hydrogens is 359 g/mol. The fourth-order valence-electron chi connectivity index (χ4n) is 2.19. The Bertz CT molecular complexity index is 594. The van der Waals surface area contributed by atoms with E-state index in [2.05, 4.69) is 15.9 Å². The van der Waals surface area contributed by atoms with Gasteiger partial charge in [0.25, 0.3) is 0 Å². The standard InChI is InChI=1S/C16H15BrCl2O/c1-16(20,9-11-2-4-13(17)5-3-11)10-12-8-14(18)6-7-15(12)19/h2-8,20H,9-10H2,1H3. The lowest BCUT2D eigenvalue weighted by Gasteiger charge is -2.24. The third-order valence-electron chi connectivity index (χ3n) is 3.08. The number of halogens is 3. The molecule has 0 aliphatic carbocycles. The number of benzene rings is 2. The summed E-state index contributed by atoms with van der Waals surface area (Å²) in [6, 6.07) is 13.2. The predicted molar refractivity (Wildman–Crippen MR) is 88.6 cm³/mol. The van der Waals surface area contributed by atoms with Crippen molar-refractivity contribution in [2.24, 2.45) is 0 Å². The van der Waals surface area contributed by atoms with Crippen LogP contribution in [-0.4, -0.2) is 10.7 Å². The number of rotatable bonds is 4. The van der Waals surface area contributed by atoms with E-state index < -0.39 is 5.60 Å². The SMILES string of the molecule is CC(O)(Cc1ccc(Br)cc1)Cc1cc(Cl)ccc1Cl. The van der Waals surface area contributed by atoms with Crippen molar-refractivity contribution in [3.63, 3.8) is 0 Å². The van der Waals surface area contributed by atoms with Gasteiger partial charge in [0.2, 0.25) is 0 Å². The highest BCUT2D eigenvalue weighted by molar-refractivity contribution is 9.10. The second kappa shape index (κ2) is 6.48. The van der Waals surface area contributed by atoms with E-state index in [9.17, 15) is 5.11 Å². The third kappa shape index (κ3) is 4.49. The minimum Gasteiger partial charge on any atom is -0.389 e. The van der Waals surface area contributed by atoms with Crippen molar-refractivity contribution in [2.75, 3.05) is 0 Å². The predicted octanol–water partition coefficient (Wildman–Crippen LogP) is 5.29. The maximum Gasteiger partial charge on any atom is 0.0700 e. The summed E-state index contributed by atoms with van der Waals surface area (Å²) >= 11 is 15.5. The molecule has 20 heavy (non-hydrogen) atoms. The highest BCUT2D eigenvalue weighted by Gasteiger charge is 2.23. The minimum absolute atomic E-state index is 0.461. The van der Waals surface area contributed by atoms with Gasteiger partial charge < -0.3 is 5.11 Å². The summed E-state index contributed by atoms with van der Waals surface area (Å²) in [4.78, 5) is 0. The zero-order valence-electron chi connectivity index (χ0n) is 11.0. The molecule has 0 aromatic heterocycles. The zero-order valence-corrected chi connectivity index (χ0v) is 14.1. The second-order valence-corrected chi connectivity index (χ2v) is 6.97. The van der Waals surface area contributed by atoms with E-state index in [0.29, 0.717) is 22.9 Å². The van der Waals surface area contributed by atoms with Crippen LogP contribution in [0, 0.1) is 0 Å². The van der Waals surface area contributed by atoms with Crippen LogP contribution in [0.1, 0.15) is 18.1 Å². The summed E-state index contributed by atoms with van der Waals surface area (Å²) in [6.45, 7) is 1.81. The molecule has 0 saturated carbocycles. The molecule has 0 radical (unpaired) electrons. The maximum atomic E-state index is 10.6.